The monoisotopic (exact) mass is 329 g/mol. The molecule has 2 aromatic heterocycles. The first-order valence-corrected chi connectivity index (χ1v) is 6.62. The smallest absolute Gasteiger partial charge is 0.253 e. The van der Waals surface area contributed by atoms with Crippen molar-refractivity contribution in [3.63, 3.8) is 0 Å². The van der Waals surface area contributed by atoms with Crippen LogP contribution in [0.4, 0.5) is 0 Å². The maximum absolute atomic E-state index is 12.0. The normalized spacial score (nSPS) is 10.9. The van der Waals surface area contributed by atoms with Gasteiger partial charge in [-0.2, -0.15) is 5.10 Å². The lowest BCUT2D eigenvalue weighted by atomic mass is 10.3. The fourth-order valence-electron chi connectivity index (χ4n) is 1.87. The summed E-state index contributed by atoms with van der Waals surface area (Å²) in [6.45, 7) is 4.05. The molecule has 0 aliphatic rings. The van der Waals surface area contributed by atoms with Crippen LogP contribution in [0.3, 0.4) is 0 Å². The first kappa shape index (κ1) is 13.4. The Labute approximate surface area is 118 Å². The highest BCUT2D eigenvalue weighted by Gasteiger charge is 2.12. The zero-order chi connectivity index (χ0) is 13.4. The third kappa shape index (κ3) is 2.37. The Bertz CT molecular complexity index is 660. The number of halogens is 2. The Morgan fingerprint density at radius 2 is 2.11 bits per heavy atom. The van der Waals surface area contributed by atoms with Crippen molar-refractivity contribution in [2.75, 3.05) is 0 Å². The van der Waals surface area contributed by atoms with Gasteiger partial charge in [0.2, 0.25) is 0 Å². The quantitative estimate of drug-likeness (QED) is 0.849. The molecule has 0 N–H and O–H groups in total. The van der Waals surface area contributed by atoms with Gasteiger partial charge in [0.25, 0.3) is 5.56 Å². The molecule has 0 atom stereocenters. The molecule has 0 fully saturated rings. The Morgan fingerprint density at radius 1 is 1.44 bits per heavy atom. The number of pyridine rings is 1. The molecule has 4 nitrogen and oxygen atoms in total. The van der Waals surface area contributed by atoms with Crippen molar-refractivity contribution in [3.8, 4) is 0 Å². The van der Waals surface area contributed by atoms with Crippen LogP contribution in [-0.4, -0.2) is 14.3 Å². The van der Waals surface area contributed by atoms with Crippen LogP contribution in [-0.2, 0) is 13.6 Å². The summed E-state index contributed by atoms with van der Waals surface area (Å²) in [5, 5.41) is 4.85. The van der Waals surface area contributed by atoms with Gasteiger partial charge in [0.05, 0.1) is 23.0 Å². The lowest BCUT2D eigenvalue weighted by molar-refractivity contribution is 0.648. The number of rotatable bonds is 2. The topological polar surface area (TPSA) is 39.8 Å². The van der Waals surface area contributed by atoms with Gasteiger partial charge >= 0.3 is 0 Å². The van der Waals surface area contributed by atoms with Crippen molar-refractivity contribution in [2.24, 2.45) is 7.05 Å². The average molecular weight is 331 g/mol. The molecule has 0 aliphatic carbocycles. The number of nitrogens with zero attached hydrogens (tertiary/aromatic N) is 3. The molecule has 0 saturated carbocycles. The first-order valence-electron chi connectivity index (χ1n) is 5.44. The minimum atomic E-state index is -0.0203. The van der Waals surface area contributed by atoms with Gasteiger partial charge < -0.3 is 4.57 Å². The lowest BCUT2D eigenvalue weighted by Gasteiger charge is -2.08. The molecule has 0 spiro atoms. The van der Waals surface area contributed by atoms with Crippen LogP contribution < -0.4 is 5.56 Å². The Hall–Kier alpha value is -1.07. The molecule has 2 rings (SSSR count). The summed E-state index contributed by atoms with van der Waals surface area (Å²) in [6.07, 6.45) is 1.76. The maximum atomic E-state index is 12.0. The molecule has 0 amide bonds. The van der Waals surface area contributed by atoms with E-state index in [1.807, 2.05) is 14.0 Å². The van der Waals surface area contributed by atoms with Crippen LogP contribution in [0.1, 0.15) is 17.0 Å². The lowest BCUT2D eigenvalue weighted by Crippen LogP contribution is -2.23. The fraction of sp³-hybridized carbons (Fsp3) is 0.333. The van der Waals surface area contributed by atoms with Gasteiger partial charge in [0, 0.05) is 23.3 Å². The standard InChI is InChI=1S/C12H13BrClN3O/c1-7-4-9(13)5-17(12(7)18)6-10-11(14)8(2)15-16(10)3/h4-5H,6H2,1-3H3. The SMILES string of the molecule is Cc1nn(C)c(Cn2cc(Br)cc(C)c2=O)c1Cl. The predicted molar refractivity (Wildman–Crippen MR) is 75.2 cm³/mol. The van der Waals surface area contributed by atoms with Crippen LogP contribution in [0.2, 0.25) is 5.02 Å². The molecule has 2 heterocycles. The molecule has 0 bridgehead atoms. The molecule has 18 heavy (non-hydrogen) atoms. The molecular weight excluding hydrogens is 318 g/mol. The van der Waals surface area contributed by atoms with E-state index in [4.69, 9.17) is 11.6 Å². The van der Waals surface area contributed by atoms with Crippen LogP contribution in [0.5, 0.6) is 0 Å². The summed E-state index contributed by atoms with van der Waals surface area (Å²) in [5.74, 6) is 0. The minimum absolute atomic E-state index is 0.0203. The van der Waals surface area contributed by atoms with E-state index in [0.717, 1.165) is 15.9 Å². The second-order valence-corrected chi connectivity index (χ2v) is 5.54. The molecule has 0 saturated heterocycles. The average Bonchev–Trinajstić information content (AvgIpc) is 2.52. The van der Waals surface area contributed by atoms with Gasteiger partial charge in [0.15, 0.2) is 0 Å². The Balaban J connectivity index is 2.49. The van der Waals surface area contributed by atoms with E-state index in [9.17, 15) is 4.79 Å². The highest BCUT2D eigenvalue weighted by Crippen LogP contribution is 2.20. The second-order valence-electron chi connectivity index (χ2n) is 4.24. The van der Waals surface area contributed by atoms with Crippen molar-refractivity contribution in [2.45, 2.75) is 20.4 Å². The summed E-state index contributed by atoms with van der Waals surface area (Å²) >= 11 is 9.57. The van der Waals surface area contributed by atoms with E-state index < -0.39 is 0 Å². The molecule has 6 heteroatoms. The van der Waals surface area contributed by atoms with E-state index in [1.165, 1.54) is 0 Å². The fourth-order valence-corrected chi connectivity index (χ4v) is 2.68. The van der Waals surface area contributed by atoms with E-state index in [1.54, 1.807) is 28.4 Å². The minimum Gasteiger partial charge on any atom is -0.308 e. The van der Waals surface area contributed by atoms with Crippen molar-refractivity contribution in [1.82, 2.24) is 14.3 Å². The summed E-state index contributed by atoms with van der Waals surface area (Å²) in [7, 11) is 1.82. The number of hydrogen-bond donors (Lipinski definition) is 0. The third-order valence-corrected chi connectivity index (χ3v) is 3.74. The van der Waals surface area contributed by atoms with E-state index in [0.29, 0.717) is 17.1 Å². The maximum Gasteiger partial charge on any atom is 0.253 e. The summed E-state index contributed by atoms with van der Waals surface area (Å²) in [6, 6.07) is 1.80. The largest absolute Gasteiger partial charge is 0.308 e. The highest BCUT2D eigenvalue weighted by molar-refractivity contribution is 9.10. The number of aromatic nitrogens is 3. The summed E-state index contributed by atoms with van der Waals surface area (Å²) < 4.78 is 4.21. The Kier molecular flexibility index (Phi) is 3.64. The summed E-state index contributed by atoms with van der Waals surface area (Å²) in [5.41, 5.74) is 2.27. The number of aryl methyl sites for hydroxylation is 3. The van der Waals surface area contributed by atoms with Gasteiger partial charge in [-0.3, -0.25) is 9.48 Å². The van der Waals surface area contributed by atoms with E-state index in [2.05, 4.69) is 21.0 Å². The van der Waals surface area contributed by atoms with Crippen molar-refractivity contribution in [1.29, 1.82) is 0 Å². The van der Waals surface area contributed by atoms with Crippen molar-refractivity contribution in [3.05, 3.63) is 49.1 Å². The molecule has 0 radical (unpaired) electrons. The Morgan fingerprint density at radius 3 is 2.67 bits per heavy atom. The van der Waals surface area contributed by atoms with Crippen LogP contribution in [0.15, 0.2) is 21.5 Å². The van der Waals surface area contributed by atoms with Crippen molar-refractivity contribution < 1.29 is 0 Å². The van der Waals surface area contributed by atoms with Gasteiger partial charge in [-0.1, -0.05) is 11.6 Å². The van der Waals surface area contributed by atoms with Gasteiger partial charge in [-0.25, -0.2) is 0 Å². The molecule has 0 aliphatic heterocycles. The number of hydrogen-bond acceptors (Lipinski definition) is 2. The van der Waals surface area contributed by atoms with Crippen LogP contribution in [0, 0.1) is 13.8 Å². The third-order valence-electron chi connectivity index (χ3n) is 2.81. The molecule has 0 aromatic carbocycles. The van der Waals surface area contributed by atoms with Crippen molar-refractivity contribution >= 4 is 27.5 Å². The van der Waals surface area contributed by atoms with E-state index >= 15 is 0 Å². The molecule has 2 aromatic rings. The van der Waals surface area contributed by atoms with Crippen LogP contribution in [0.25, 0.3) is 0 Å². The molecular formula is C12H13BrClN3O. The molecule has 0 unspecified atom stereocenters. The predicted octanol–water partition coefficient (Wildman–Crippen LogP) is 2.66. The molecule has 96 valence electrons. The van der Waals surface area contributed by atoms with Gasteiger partial charge in [-0.05, 0) is 35.8 Å². The first-order chi connectivity index (χ1) is 8.40. The zero-order valence-electron chi connectivity index (χ0n) is 10.4. The second kappa shape index (κ2) is 4.90. The van der Waals surface area contributed by atoms with Gasteiger partial charge in [0.1, 0.15) is 0 Å². The highest BCUT2D eigenvalue weighted by atomic mass is 79.9. The zero-order valence-corrected chi connectivity index (χ0v) is 12.7. The van der Waals surface area contributed by atoms with Crippen LogP contribution >= 0.6 is 27.5 Å². The van der Waals surface area contributed by atoms with Gasteiger partial charge in [-0.15, -0.1) is 0 Å². The van der Waals surface area contributed by atoms with E-state index in [-0.39, 0.29) is 5.56 Å². The summed E-state index contributed by atoms with van der Waals surface area (Å²) in [4.78, 5) is 12.0.